The lowest BCUT2D eigenvalue weighted by Gasteiger charge is -2.26. The van der Waals surface area contributed by atoms with Crippen LogP contribution in [-0.2, 0) is 16.0 Å². The zero-order valence-corrected chi connectivity index (χ0v) is 16.9. The Labute approximate surface area is 170 Å². The summed E-state index contributed by atoms with van der Waals surface area (Å²) < 4.78 is 6.67. The van der Waals surface area contributed by atoms with E-state index >= 15 is 0 Å². The van der Waals surface area contributed by atoms with Crippen LogP contribution in [0.1, 0.15) is 25.0 Å². The van der Waals surface area contributed by atoms with Crippen molar-refractivity contribution in [2.45, 2.75) is 25.9 Å². The second-order valence-corrected chi connectivity index (χ2v) is 8.26. The van der Waals surface area contributed by atoms with Gasteiger partial charge in [0.05, 0.1) is 5.69 Å². The molecule has 0 radical (unpaired) electrons. The van der Waals surface area contributed by atoms with Crippen LogP contribution in [0.5, 0.6) is 5.75 Å². The second kappa shape index (κ2) is 6.60. The number of imide groups is 2. The van der Waals surface area contributed by atoms with Gasteiger partial charge in [0.15, 0.2) is 0 Å². The van der Waals surface area contributed by atoms with Crippen LogP contribution in [0.2, 0.25) is 0 Å². The van der Waals surface area contributed by atoms with Crippen molar-refractivity contribution in [3.63, 3.8) is 0 Å². The summed E-state index contributed by atoms with van der Waals surface area (Å²) in [5.74, 6) is -0.563. The largest absolute Gasteiger partial charge is 0.487 e. The first-order valence-electron chi connectivity index (χ1n) is 8.72. The van der Waals surface area contributed by atoms with Crippen LogP contribution in [0.3, 0.4) is 0 Å². The highest BCUT2D eigenvalue weighted by atomic mass is 79.9. The smallest absolute Gasteiger partial charge is 0.335 e. The van der Waals surface area contributed by atoms with Gasteiger partial charge in [-0.05, 0) is 67.4 Å². The molecule has 0 unspecified atom stereocenters. The zero-order chi connectivity index (χ0) is 20.1. The molecule has 0 aromatic heterocycles. The topological polar surface area (TPSA) is 75.7 Å². The molecular weight excluding hydrogens is 424 g/mol. The lowest BCUT2D eigenvalue weighted by molar-refractivity contribution is -0.122. The van der Waals surface area contributed by atoms with E-state index in [2.05, 4.69) is 21.2 Å². The Bertz CT molecular complexity index is 1040. The van der Waals surface area contributed by atoms with Crippen LogP contribution >= 0.6 is 15.9 Å². The standard InChI is InChI=1S/C21H17BrN2O4/c1-21(2)11-13-9-12(3-8-17(13)28-21)10-16-18(25)23-20(27)24(19(16)26)15-6-4-14(22)5-7-15/h3-10H,11H2,1-2H3,(H,23,25,27)/b16-10+. The molecule has 2 aliphatic heterocycles. The first kappa shape index (κ1) is 18.4. The van der Waals surface area contributed by atoms with Crippen molar-refractivity contribution in [2.24, 2.45) is 0 Å². The Morgan fingerprint density at radius 1 is 1.11 bits per heavy atom. The molecule has 2 aromatic carbocycles. The van der Waals surface area contributed by atoms with Gasteiger partial charge in [0.2, 0.25) is 0 Å². The van der Waals surface area contributed by atoms with Crippen molar-refractivity contribution < 1.29 is 19.1 Å². The lowest BCUT2D eigenvalue weighted by atomic mass is 9.99. The highest BCUT2D eigenvalue weighted by molar-refractivity contribution is 9.10. The normalized spacial score (nSPS) is 19.5. The van der Waals surface area contributed by atoms with Crippen LogP contribution in [0.15, 0.2) is 52.5 Å². The molecule has 0 bridgehead atoms. The van der Waals surface area contributed by atoms with E-state index < -0.39 is 17.8 Å². The summed E-state index contributed by atoms with van der Waals surface area (Å²) >= 11 is 3.32. The van der Waals surface area contributed by atoms with Crippen molar-refractivity contribution in [2.75, 3.05) is 4.90 Å². The van der Waals surface area contributed by atoms with E-state index in [1.165, 1.54) is 6.08 Å². The molecule has 28 heavy (non-hydrogen) atoms. The highest BCUT2D eigenvalue weighted by Gasteiger charge is 2.37. The molecule has 1 saturated heterocycles. The number of barbiturate groups is 1. The summed E-state index contributed by atoms with van der Waals surface area (Å²) in [4.78, 5) is 38.4. The third-order valence-corrected chi connectivity index (χ3v) is 5.11. The van der Waals surface area contributed by atoms with Crippen LogP contribution in [0.4, 0.5) is 10.5 Å². The van der Waals surface area contributed by atoms with Crippen molar-refractivity contribution in [3.05, 3.63) is 63.6 Å². The predicted octanol–water partition coefficient (Wildman–Crippen LogP) is 3.83. The number of anilines is 1. The lowest BCUT2D eigenvalue weighted by Crippen LogP contribution is -2.54. The average molecular weight is 441 g/mol. The molecule has 7 heteroatoms. The van der Waals surface area contributed by atoms with E-state index in [4.69, 9.17) is 4.74 Å². The minimum atomic E-state index is -0.765. The molecule has 1 fully saturated rings. The molecule has 2 aliphatic rings. The molecule has 0 saturated carbocycles. The molecule has 0 aliphatic carbocycles. The number of hydrogen-bond donors (Lipinski definition) is 1. The van der Waals surface area contributed by atoms with Crippen LogP contribution in [0, 0.1) is 0 Å². The number of nitrogens with zero attached hydrogens (tertiary/aromatic N) is 1. The molecule has 4 rings (SSSR count). The van der Waals surface area contributed by atoms with E-state index in [0.717, 1.165) is 27.1 Å². The first-order valence-corrected chi connectivity index (χ1v) is 9.52. The fourth-order valence-electron chi connectivity index (χ4n) is 3.37. The van der Waals surface area contributed by atoms with E-state index in [-0.39, 0.29) is 11.2 Å². The van der Waals surface area contributed by atoms with Crippen molar-refractivity contribution >= 4 is 45.5 Å². The van der Waals surface area contributed by atoms with Gasteiger partial charge in [-0.15, -0.1) is 0 Å². The number of ether oxygens (including phenoxy) is 1. The molecule has 0 atom stereocenters. The Morgan fingerprint density at radius 2 is 1.82 bits per heavy atom. The van der Waals surface area contributed by atoms with Gasteiger partial charge in [0.25, 0.3) is 11.8 Å². The number of carbonyl (C=O) groups is 3. The van der Waals surface area contributed by atoms with Crippen molar-refractivity contribution in [3.8, 4) is 5.75 Å². The first-order chi connectivity index (χ1) is 13.2. The van der Waals surface area contributed by atoms with Gasteiger partial charge in [0.1, 0.15) is 16.9 Å². The number of benzene rings is 2. The van der Waals surface area contributed by atoms with Crippen LogP contribution in [0.25, 0.3) is 6.08 Å². The van der Waals surface area contributed by atoms with E-state index in [1.807, 2.05) is 26.0 Å². The minimum absolute atomic E-state index is 0.0966. The Kier molecular flexibility index (Phi) is 4.34. The summed E-state index contributed by atoms with van der Waals surface area (Å²) in [5.41, 5.74) is 1.72. The number of carbonyl (C=O) groups excluding carboxylic acids is 3. The molecule has 4 amide bonds. The summed E-state index contributed by atoms with van der Waals surface area (Å²) in [6, 6.07) is 11.5. The van der Waals surface area contributed by atoms with Crippen molar-refractivity contribution in [1.82, 2.24) is 5.32 Å². The van der Waals surface area contributed by atoms with Gasteiger partial charge in [0, 0.05) is 10.9 Å². The molecule has 2 aromatic rings. The number of urea groups is 1. The monoisotopic (exact) mass is 440 g/mol. The third kappa shape index (κ3) is 3.33. The number of rotatable bonds is 2. The van der Waals surface area contributed by atoms with Crippen molar-refractivity contribution in [1.29, 1.82) is 0 Å². The number of fused-ring (bicyclic) bond motifs is 1. The van der Waals surface area contributed by atoms with E-state index in [9.17, 15) is 14.4 Å². The van der Waals surface area contributed by atoms with Gasteiger partial charge in [-0.25, -0.2) is 9.69 Å². The molecule has 0 spiro atoms. The fraction of sp³-hybridized carbons (Fsp3) is 0.190. The van der Waals surface area contributed by atoms with Crippen LogP contribution in [-0.4, -0.2) is 23.4 Å². The predicted molar refractivity (Wildman–Crippen MR) is 108 cm³/mol. The summed E-state index contributed by atoms with van der Waals surface area (Å²) in [5, 5.41) is 2.23. The van der Waals surface area contributed by atoms with E-state index in [0.29, 0.717) is 11.3 Å². The van der Waals surface area contributed by atoms with Gasteiger partial charge in [-0.3, -0.25) is 14.9 Å². The van der Waals surface area contributed by atoms with Gasteiger partial charge in [-0.1, -0.05) is 22.0 Å². The maximum Gasteiger partial charge on any atom is 0.335 e. The number of hydrogen-bond acceptors (Lipinski definition) is 4. The maximum absolute atomic E-state index is 12.9. The fourth-order valence-corrected chi connectivity index (χ4v) is 3.63. The molecule has 6 nitrogen and oxygen atoms in total. The van der Waals surface area contributed by atoms with Gasteiger partial charge < -0.3 is 4.74 Å². The van der Waals surface area contributed by atoms with Gasteiger partial charge >= 0.3 is 6.03 Å². The Morgan fingerprint density at radius 3 is 2.54 bits per heavy atom. The zero-order valence-electron chi connectivity index (χ0n) is 15.3. The molecular formula is C21H17BrN2O4. The molecule has 2 heterocycles. The Balaban J connectivity index is 1.69. The quantitative estimate of drug-likeness (QED) is 0.568. The average Bonchev–Trinajstić information content (AvgIpc) is 2.93. The summed E-state index contributed by atoms with van der Waals surface area (Å²) in [6.07, 6.45) is 2.24. The number of amides is 4. The summed E-state index contributed by atoms with van der Waals surface area (Å²) in [7, 11) is 0. The third-order valence-electron chi connectivity index (χ3n) is 4.58. The number of halogens is 1. The molecule has 1 N–H and O–H groups in total. The minimum Gasteiger partial charge on any atom is -0.487 e. The molecule has 142 valence electrons. The highest BCUT2D eigenvalue weighted by Crippen LogP contribution is 2.35. The summed E-state index contributed by atoms with van der Waals surface area (Å²) in [6.45, 7) is 4.01. The SMILES string of the molecule is CC1(C)Cc2cc(/C=C3\C(=O)NC(=O)N(c4ccc(Br)cc4)C3=O)ccc2O1. The van der Waals surface area contributed by atoms with Gasteiger partial charge in [-0.2, -0.15) is 0 Å². The van der Waals surface area contributed by atoms with Crippen LogP contribution < -0.4 is 15.0 Å². The Hall–Kier alpha value is -2.93. The maximum atomic E-state index is 12.9. The second-order valence-electron chi connectivity index (χ2n) is 7.34. The van der Waals surface area contributed by atoms with E-state index in [1.54, 1.807) is 30.3 Å². The number of nitrogens with one attached hydrogen (secondary N) is 1.